The number of aromatic nitrogens is 5. The number of fused-ring (bicyclic) bond motifs is 2. The number of nitrogens with zero attached hydrogens (tertiary/aromatic N) is 6. The second-order valence-corrected chi connectivity index (χ2v) is 8.26. The van der Waals surface area contributed by atoms with Crippen LogP contribution < -0.4 is 20.7 Å². The van der Waals surface area contributed by atoms with Gasteiger partial charge in [-0.05, 0) is 32.6 Å². The number of carbonyl (C=O) groups is 1. The molecular formula is C21H26N8O2. The Morgan fingerprint density at radius 3 is 2.58 bits per heavy atom. The summed E-state index contributed by atoms with van der Waals surface area (Å²) in [5.74, 6) is 1.24. The number of amides is 1. The number of nitrogens with two attached hydrogens (primary N) is 1. The minimum atomic E-state index is -0.645. The molecule has 0 bridgehead atoms. The Morgan fingerprint density at radius 2 is 1.90 bits per heavy atom. The van der Waals surface area contributed by atoms with Crippen molar-refractivity contribution >= 4 is 17.5 Å². The molecule has 2 aliphatic rings. The zero-order valence-electron chi connectivity index (χ0n) is 17.9. The van der Waals surface area contributed by atoms with Gasteiger partial charge < -0.3 is 25.1 Å². The van der Waals surface area contributed by atoms with Crippen molar-refractivity contribution in [3.63, 3.8) is 0 Å². The fourth-order valence-electron chi connectivity index (χ4n) is 4.63. The Balaban J connectivity index is 1.67. The topological polar surface area (TPSA) is 124 Å². The van der Waals surface area contributed by atoms with E-state index in [1.54, 1.807) is 0 Å². The van der Waals surface area contributed by atoms with E-state index in [0.717, 1.165) is 43.2 Å². The van der Waals surface area contributed by atoms with Gasteiger partial charge in [-0.15, -0.1) is 0 Å². The maximum Gasteiger partial charge on any atom is 0.256 e. The van der Waals surface area contributed by atoms with Gasteiger partial charge in [-0.25, -0.2) is 15.0 Å². The fraction of sp³-hybridized carbons (Fsp3) is 0.476. The van der Waals surface area contributed by atoms with Gasteiger partial charge in [0.2, 0.25) is 11.8 Å². The largest absolute Gasteiger partial charge is 0.477 e. The van der Waals surface area contributed by atoms with Gasteiger partial charge in [0, 0.05) is 38.6 Å². The third-order valence-electron chi connectivity index (χ3n) is 6.03. The smallest absolute Gasteiger partial charge is 0.256 e. The first kappa shape index (κ1) is 19.7. The molecule has 2 saturated heterocycles. The molecule has 10 nitrogen and oxygen atoms in total. The van der Waals surface area contributed by atoms with E-state index in [4.69, 9.17) is 15.5 Å². The van der Waals surface area contributed by atoms with E-state index in [1.165, 1.54) is 0 Å². The summed E-state index contributed by atoms with van der Waals surface area (Å²) >= 11 is 0. The van der Waals surface area contributed by atoms with Crippen LogP contribution in [0.3, 0.4) is 0 Å². The molecule has 0 radical (unpaired) electrons. The molecule has 10 heteroatoms. The number of ether oxygens (including phenoxy) is 1. The van der Waals surface area contributed by atoms with Gasteiger partial charge in [-0.3, -0.25) is 4.79 Å². The first-order valence-corrected chi connectivity index (χ1v) is 10.6. The first-order chi connectivity index (χ1) is 14.9. The highest BCUT2D eigenvalue weighted by Crippen LogP contribution is 2.34. The van der Waals surface area contributed by atoms with E-state index in [-0.39, 0.29) is 11.4 Å². The number of rotatable bonds is 5. The summed E-state index contributed by atoms with van der Waals surface area (Å²) in [6, 6.07) is 0. The Morgan fingerprint density at radius 1 is 1.16 bits per heavy atom. The van der Waals surface area contributed by atoms with E-state index in [0.29, 0.717) is 35.8 Å². The average Bonchev–Trinajstić information content (AvgIpc) is 3.41. The van der Waals surface area contributed by atoms with Gasteiger partial charge in [-0.1, -0.05) is 0 Å². The molecule has 0 spiro atoms. The number of primary amides is 1. The standard InChI is InChI=1S/C21H26N8O2/c1-4-31-20-16(18(22)30)17(15-10-28-7-11(2)24-19(28)12(3)25-15)26-21(27-20)29-8-13-5-23-6-14(13)9-29/h7,10,13-14,23H,4-6,8-9H2,1-3H3,(H2,22,30). The Bertz CT molecular complexity index is 1160. The summed E-state index contributed by atoms with van der Waals surface area (Å²) in [6.45, 7) is 9.76. The SMILES string of the molecule is CCOc1nc(N2CC3CNCC3C2)nc(-c2cn3cc(C)nc3c(C)n2)c1C(N)=O. The van der Waals surface area contributed by atoms with E-state index < -0.39 is 5.91 Å². The molecule has 0 saturated carbocycles. The highest BCUT2D eigenvalue weighted by Gasteiger charge is 2.38. The van der Waals surface area contributed by atoms with Crippen LogP contribution in [0.5, 0.6) is 5.88 Å². The lowest BCUT2D eigenvalue weighted by Crippen LogP contribution is -2.28. The van der Waals surface area contributed by atoms with Crippen molar-refractivity contribution in [1.29, 1.82) is 0 Å². The Labute approximate surface area is 179 Å². The van der Waals surface area contributed by atoms with E-state index in [2.05, 4.69) is 25.2 Å². The summed E-state index contributed by atoms with van der Waals surface area (Å²) in [5.41, 5.74) is 9.19. The second kappa shape index (κ2) is 7.45. The lowest BCUT2D eigenvalue weighted by molar-refractivity contribution is 0.0996. The van der Waals surface area contributed by atoms with Crippen LogP contribution in [0, 0.1) is 25.7 Å². The number of aryl methyl sites for hydroxylation is 2. The monoisotopic (exact) mass is 422 g/mol. The molecule has 31 heavy (non-hydrogen) atoms. The number of carbonyl (C=O) groups excluding carboxylic acids is 1. The first-order valence-electron chi connectivity index (χ1n) is 10.6. The van der Waals surface area contributed by atoms with Crippen molar-refractivity contribution < 1.29 is 9.53 Å². The molecule has 0 aromatic carbocycles. The van der Waals surface area contributed by atoms with Crippen molar-refractivity contribution in [2.75, 3.05) is 37.7 Å². The van der Waals surface area contributed by atoms with Crippen molar-refractivity contribution in [3.8, 4) is 17.3 Å². The Hall–Kier alpha value is -3.27. The van der Waals surface area contributed by atoms with Gasteiger partial charge in [0.1, 0.15) is 17.0 Å². The van der Waals surface area contributed by atoms with Crippen LogP contribution in [-0.2, 0) is 0 Å². The molecule has 5 heterocycles. The van der Waals surface area contributed by atoms with E-state index in [9.17, 15) is 4.79 Å². The molecular weight excluding hydrogens is 396 g/mol. The van der Waals surface area contributed by atoms with Crippen molar-refractivity contribution in [3.05, 3.63) is 29.3 Å². The van der Waals surface area contributed by atoms with Crippen LogP contribution in [-0.4, -0.2) is 63.0 Å². The van der Waals surface area contributed by atoms with Gasteiger partial charge in [0.05, 0.1) is 18.0 Å². The van der Waals surface area contributed by atoms with E-state index in [1.807, 2.05) is 37.6 Å². The highest BCUT2D eigenvalue weighted by atomic mass is 16.5. The number of anilines is 1. The summed E-state index contributed by atoms with van der Waals surface area (Å²) in [5, 5.41) is 3.44. The number of nitrogens with one attached hydrogen (secondary N) is 1. The van der Waals surface area contributed by atoms with Gasteiger partial charge >= 0.3 is 0 Å². The molecule has 1 amide bonds. The van der Waals surface area contributed by atoms with Crippen molar-refractivity contribution in [2.45, 2.75) is 20.8 Å². The zero-order valence-corrected chi connectivity index (χ0v) is 17.9. The lowest BCUT2D eigenvalue weighted by Gasteiger charge is -2.20. The van der Waals surface area contributed by atoms with Crippen LogP contribution in [0.2, 0.25) is 0 Å². The van der Waals surface area contributed by atoms with Crippen LogP contribution in [0.25, 0.3) is 17.0 Å². The predicted molar refractivity (Wildman–Crippen MR) is 115 cm³/mol. The lowest BCUT2D eigenvalue weighted by atomic mass is 10.0. The number of hydrogen-bond donors (Lipinski definition) is 2. The van der Waals surface area contributed by atoms with Crippen molar-refractivity contribution in [1.82, 2.24) is 29.7 Å². The van der Waals surface area contributed by atoms with Crippen LogP contribution in [0.1, 0.15) is 28.7 Å². The molecule has 0 aliphatic carbocycles. The predicted octanol–water partition coefficient (Wildman–Crippen LogP) is 0.956. The average molecular weight is 422 g/mol. The summed E-state index contributed by atoms with van der Waals surface area (Å²) < 4.78 is 7.63. The minimum absolute atomic E-state index is 0.148. The maximum atomic E-state index is 12.4. The van der Waals surface area contributed by atoms with Crippen LogP contribution in [0.15, 0.2) is 12.4 Å². The molecule has 3 aromatic rings. The van der Waals surface area contributed by atoms with Gasteiger partial charge in [-0.2, -0.15) is 4.98 Å². The van der Waals surface area contributed by atoms with E-state index >= 15 is 0 Å². The summed E-state index contributed by atoms with van der Waals surface area (Å²) in [7, 11) is 0. The molecule has 3 aromatic heterocycles. The zero-order chi connectivity index (χ0) is 21.7. The molecule has 2 atom stereocenters. The van der Waals surface area contributed by atoms with Crippen molar-refractivity contribution in [2.24, 2.45) is 17.6 Å². The maximum absolute atomic E-state index is 12.4. The number of imidazole rings is 1. The summed E-state index contributed by atoms with van der Waals surface area (Å²) in [6.07, 6.45) is 3.73. The normalized spacial score (nSPS) is 20.4. The third-order valence-corrected chi connectivity index (χ3v) is 6.03. The molecule has 3 N–H and O–H groups in total. The number of hydrogen-bond acceptors (Lipinski definition) is 8. The summed E-state index contributed by atoms with van der Waals surface area (Å²) in [4.78, 5) is 33.2. The fourth-order valence-corrected chi connectivity index (χ4v) is 4.63. The second-order valence-electron chi connectivity index (χ2n) is 8.26. The molecule has 2 unspecified atom stereocenters. The Kier molecular flexibility index (Phi) is 4.73. The minimum Gasteiger partial charge on any atom is -0.477 e. The van der Waals surface area contributed by atoms with Gasteiger partial charge in [0.15, 0.2) is 5.65 Å². The molecule has 2 aliphatic heterocycles. The van der Waals surface area contributed by atoms with Crippen LogP contribution >= 0.6 is 0 Å². The third kappa shape index (κ3) is 3.36. The van der Waals surface area contributed by atoms with Gasteiger partial charge in [0.25, 0.3) is 5.91 Å². The highest BCUT2D eigenvalue weighted by molar-refractivity contribution is 6.01. The van der Waals surface area contributed by atoms with Crippen LogP contribution in [0.4, 0.5) is 5.95 Å². The molecule has 2 fully saturated rings. The quantitative estimate of drug-likeness (QED) is 0.623. The molecule has 162 valence electrons. The molecule has 5 rings (SSSR count).